The zero-order valence-electron chi connectivity index (χ0n) is 16.3. The monoisotopic (exact) mass is 405 g/mol. The molecule has 4 N–H and O–H groups in total. The molecule has 1 fully saturated rings. The van der Waals surface area contributed by atoms with Crippen molar-refractivity contribution in [2.24, 2.45) is 21.5 Å². The van der Waals surface area contributed by atoms with Gasteiger partial charge in [-0.05, 0) is 68.5 Å². The van der Waals surface area contributed by atoms with Gasteiger partial charge in [0.25, 0.3) is 0 Å². The second-order valence-electron chi connectivity index (χ2n) is 7.67. The molecule has 3 heterocycles. The summed E-state index contributed by atoms with van der Waals surface area (Å²) in [6.45, 7) is 2.09. The van der Waals surface area contributed by atoms with Crippen LogP contribution in [0.25, 0.3) is 20.9 Å². The fourth-order valence-electron chi connectivity index (χ4n) is 4.40. The molecule has 0 amide bonds. The number of thiazole rings is 1. The van der Waals surface area contributed by atoms with E-state index in [0.717, 1.165) is 57.9 Å². The Bertz CT molecular complexity index is 1110. The zero-order valence-corrected chi connectivity index (χ0v) is 17.1. The Kier molecular flexibility index (Phi) is 4.24. The fraction of sp³-hybridized carbons (Fsp3) is 0.333. The van der Waals surface area contributed by atoms with Crippen molar-refractivity contribution in [3.63, 3.8) is 0 Å². The van der Waals surface area contributed by atoms with E-state index in [1.807, 2.05) is 12.1 Å². The average Bonchev–Trinajstić information content (AvgIpc) is 3.13. The standard InChI is InChI=1S/C21H23N7S/c1-13-12-14(17-25-15-6-5-11-24-18(15)29-17)7-8-16(13)28-20(23)26-19(22)27-21(28)9-3-2-4-10-21/h5-8,11-12H,2-4,9-10H2,1H3,(H4,22,23,26,27). The fourth-order valence-corrected chi connectivity index (χ4v) is 5.31. The van der Waals surface area contributed by atoms with Gasteiger partial charge in [0.2, 0.25) is 11.9 Å². The first-order valence-corrected chi connectivity index (χ1v) is 10.7. The number of aromatic nitrogens is 2. The summed E-state index contributed by atoms with van der Waals surface area (Å²) in [5, 5.41) is 0.961. The summed E-state index contributed by atoms with van der Waals surface area (Å²) in [5.41, 5.74) is 16.1. The number of hydrogen-bond donors (Lipinski definition) is 2. The SMILES string of the molecule is Cc1cc(-c2nc3cccnc3s2)ccc1N1C(N)=NC(N)=NC12CCCCC2. The van der Waals surface area contributed by atoms with Crippen LogP contribution in [-0.4, -0.2) is 27.5 Å². The molecule has 0 saturated heterocycles. The van der Waals surface area contributed by atoms with Crippen LogP contribution in [0, 0.1) is 6.92 Å². The first kappa shape index (κ1) is 18.1. The molecule has 1 saturated carbocycles. The number of guanidine groups is 2. The maximum Gasteiger partial charge on any atom is 0.220 e. The van der Waals surface area contributed by atoms with E-state index in [1.54, 1.807) is 17.5 Å². The second kappa shape index (κ2) is 6.81. The van der Waals surface area contributed by atoms with Gasteiger partial charge in [-0.1, -0.05) is 17.8 Å². The normalized spacial score (nSPS) is 18.7. The predicted octanol–water partition coefficient (Wildman–Crippen LogP) is 3.78. The lowest BCUT2D eigenvalue weighted by Gasteiger charge is -2.46. The van der Waals surface area contributed by atoms with Crippen molar-refractivity contribution in [3.8, 4) is 10.6 Å². The van der Waals surface area contributed by atoms with Crippen molar-refractivity contribution < 1.29 is 0 Å². The summed E-state index contributed by atoms with van der Waals surface area (Å²) < 4.78 is 0. The molecule has 3 aromatic rings. The quantitative estimate of drug-likeness (QED) is 0.675. The molecule has 0 bridgehead atoms. The van der Waals surface area contributed by atoms with Crippen LogP contribution in [0.1, 0.15) is 37.7 Å². The highest BCUT2D eigenvalue weighted by atomic mass is 32.1. The predicted molar refractivity (Wildman–Crippen MR) is 119 cm³/mol. The molecule has 8 heteroatoms. The molecular weight excluding hydrogens is 382 g/mol. The molecule has 0 atom stereocenters. The van der Waals surface area contributed by atoms with Crippen LogP contribution in [-0.2, 0) is 0 Å². The van der Waals surface area contributed by atoms with E-state index in [-0.39, 0.29) is 5.96 Å². The van der Waals surface area contributed by atoms with E-state index in [2.05, 4.69) is 40.0 Å². The van der Waals surface area contributed by atoms with E-state index < -0.39 is 5.66 Å². The van der Waals surface area contributed by atoms with Gasteiger partial charge in [0.1, 0.15) is 21.0 Å². The van der Waals surface area contributed by atoms with Gasteiger partial charge in [-0.2, -0.15) is 4.99 Å². The number of anilines is 1. The van der Waals surface area contributed by atoms with Crippen LogP contribution in [0.4, 0.5) is 5.69 Å². The molecule has 7 nitrogen and oxygen atoms in total. The van der Waals surface area contributed by atoms with Crippen LogP contribution in [0.3, 0.4) is 0 Å². The molecule has 1 aliphatic heterocycles. The number of nitrogens with zero attached hydrogens (tertiary/aromatic N) is 5. The number of hydrogen-bond acceptors (Lipinski definition) is 8. The van der Waals surface area contributed by atoms with Crippen LogP contribution in [0.2, 0.25) is 0 Å². The third-order valence-corrected chi connectivity index (χ3v) is 6.73. The summed E-state index contributed by atoms with van der Waals surface area (Å²) in [4.78, 5) is 21.2. The minimum atomic E-state index is -0.430. The number of benzene rings is 1. The van der Waals surface area contributed by atoms with E-state index in [1.165, 1.54) is 6.42 Å². The van der Waals surface area contributed by atoms with Gasteiger partial charge in [0.15, 0.2) is 0 Å². The molecule has 0 unspecified atom stereocenters. The third-order valence-electron chi connectivity index (χ3n) is 5.70. The van der Waals surface area contributed by atoms with Crippen molar-refractivity contribution in [2.45, 2.75) is 44.7 Å². The molecule has 2 aliphatic rings. The van der Waals surface area contributed by atoms with E-state index in [4.69, 9.17) is 21.4 Å². The number of aryl methyl sites for hydroxylation is 1. The molecule has 0 radical (unpaired) electrons. The van der Waals surface area contributed by atoms with Crippen molar-refractivity contribution >= 4 is 39.3 Å². The van der Waals surface area contributed by atoms with E-state index >= 15 is 0 Å². The summed E-state index contributed by atoms with van der Waals surface area (Å²) >= 11 is 1.60. The molecule has 5 rings (SSSR count). The van der Waals surface area contributed by atoms with Gasteiger partial charge < -0.3 is 11.5 Å². The molecule has 29 heavy (non-hydrogen) atoms. The lowest BCUT2D eigenvalue weighted by molar-refractivity contribution is 0.305. The Morgan fingerprint density at radius 3 is 2.69 bits per heavy atom. The smallest absolute Gasteiger partial charge is 0.220 e. The van der Waals surface area contributed by atoms with E-state index in [9.17, 15) is 0 Å². The Morgan fingerprint density at radius 2 is 1.93 bits per heavy atom. The Morgan fingerprint density at radius 1 is 1.10 bits per heavy atom. The van der Waals surface area contributed by atoms with Crippen molar-refractivity contribution in [3.05, 3.63) is 42.1 Å². The minimum Gasteiger partial charge on any atom is -0.369 e. The Hall–Kier alpha value is -3.00. The number of rotatable bonds is 2. The van der Waals surface area contributed by atoms with Crippen LogP contribution >= 0.6 is 11.3 Å². The van der Waals surface area contributed by atoms with Gasteiger partial charge in [-0.25, -0.2) is 15.0 Å². The van der Waals surface area contributed by atoms with Gasteiger partial charge in [-0.15, -0.1) is 0 Å². The van der Waals surface area contributed by atoms with Crippen molar-refractivity contribution in [1.82, 2.24) is 9.97 Å². The lowest BCUT2D eigenvalue weighted by Crippen LogP contribution is -2.58. The Labute approximate surface area is 173 Å². The summed E-state index contributed by atoms with van der Waals surface area (Å²) in [6, 6.07) is 10.2. The number of fused-ring (bicyclic) bond motifs is 1. The van der Waals surface area contributed by atoms with Crippen molar-refractivity contribution in [1.29, 1.82) is 0 Å². The summed E-state index contributed by atoms with van der Waals surface area (Å²) in [7, 11) is 0. The maximum atomic E-state index is 6.37. The third kappa shape index (κ3) is 3.04. The van der Waals surface area contributed by atoms with Crippen LogP contribution in [0.15, 0.2) is 46.5 Å². The largest absolute Gasteiger partial charge is 0.369 e. The zero-order chi connectivity index (χ0) is 20.0. The number of aliphatic imine (C=N–C) groups is 2. The van der Waals surface area contributed by atoms with Gasteiger partial charge >= 0.3 is 0 Å². The Balaban J connectivity index is 1.56. The first-order valence-electron chi connectivity index (χ1n) is 9.88. The molecule has 1 aromatic carbocycles. The average molecular weight is 406 g/mol. The summed E-state index contributed by atoms with van der Waals surface area (Å²) in [6.07, 6.45) is 7.08. The molecule has 1 spiro atoms. The lowest BCUT2D eigenvalue weighted by atomic mass is 9.87. The van der Waals surface area contributed by atoms with E-state index in [0.29, 0.717) is 5.96 Å². The molecular formula is C21H23N7S. The van der Waals surface area contributed by atoms with Crippen molar-refractivity contribution in [2.75, 3.05) is 4.90 Å². The molecule has 1 aliphatic carbocycles. The minimum absolute atomic E-state index is 0.275. The van der Waals surface area contributed by atoms with Gasteiger partial charge in [0.05, 0.1) is 0 Å². The summed E-state index contributed by atoms with van der Waals surface area (Å²) in [5.74, 6) is 0.691. The highest BCUT2D eigenvalue weighted by Crippen LogP contribution is 2.41. The van der Waals surface area contributed by atoms with Crippen LogP contribution in [0.5, 0.6) is 0 Å². The topological polar surface area (TPSA) is 106 Å². The molecule has 2 aromatic heterocycles. The highest BCUT2D eigenvalue weighted by Gasteiger charge is 2.43. The second-order valence-corrected chi connectivity index (χ2v) is 8.64. The van der Waals surface area contributed by atoms with Crippen LogP contribution < -0.4 is 16.4 Å². The van der Waals surface area contributed by atoms with Gasteiger partial charge in [0, 0.05) is 17.4 Å². The van der Waals surface area contributed by atoms with Gasteiger partial charge in [-0.3, -0.25) is 4.90 Å². The number of nitrogens with two attached hydrogens (primary N) is 2. The maximum absolute atomic E-state index is 6.37. The highest BCUT2D eigenvalue weighted by molar-refractivity contribution is 7.21. The first-order chi connectivity index (χ1) is 14.1. The molecule has 148 valence electrons. The number of pyridine rings is 1.